The molecule has 8 heteroatoms. The molecule has 2 aromatic carbocycles. The van der Waals surface area contributed by atoms with E-state index in [9.17, 15) is 9.59 Å². The number of hydrogen-bond donors (Lipinski definition) is 0. The van der Waals surface area contributed by atoms with E-state index in [0.717, 1.165) is 59.1 Å². The fourth-order valence-corrected chi connectivity index (χ4v) is 9.59. The van der Waals surface area contributed by atoms with Crippen LogP contribution >= 0.6 is 0 Å². The van der Waals surface area contributed by atoms with Crippen LogP contribution in [-0.2, 0) is 41.4 Å². The zero-order valence-corrected chi connectivity index (χ0v) is 44.7. The van der Waals surface area contributed by atoms with Crippen LogP contribution in [-0.4, -0.2) is 63.8 Å². The third-order valence-electron chi connectivity index (χ3n) is 13.8. The Morgan fingerprint density at radius 3 is 1.01 bits per heavy atom. The normalized spacial score (nSPS) is 12.9. The van der Waals surface area contributed by atoms with Gasteiger partial charge in [-0.15, -0.1) is 0 Å². The van der Waals surface area contributed by atoms with Crippen molar-refractivity contribution in [3.05, 3.63) is 72.9 Å². The molecule has 0 saturated carbocycles. The highest BCUT2D eigenvalue weighted by atomic mass is 16.6. The van der Waals surface area contributed by atoms with Crippen LogP contribution in [0.2, 0.25) is 0 Å². The molecule has 0 fully saturated rings. The van der Waals surface area contributed by atoms with E-state index in [4.69, 9.17) is 28.4 Å². The van der Waals surface area contributed by atoms with E-state index in [0.29, 0.717) is 26.1 Å². The van der Waals surface area contributed by atoms with Gasteiger partial charge in [-0.05, 0) is 25.7 Å². The van der Waals surface area contributed by atoms with Crippen molar-refractivity contribution in [2.45, 2.75) is 244 Å². The lowest BCUT2D eigenvalue weighted by Gasteiger charge is -2.26. The molecule has 2 aromatic rings. The Morgan fingerprint density at radius 2 is 0.729 bits per heavy atom. The van der Waals surface area contributed by atoms with Gasteiger partial charge in [0.2, 0.25) is 0 Å². The van der Waals surface area contributed by atoms with Crippen molar-refractivity contribution in [2.75, 3.05) is 39.6 Å². The van der Waals surface area contributed by atoms with Crippen LogP contribution in [0.4, 0.5) is 0 Å². The minimum Gasteiger partial charge on any atom is -0.489 e. The number of carbonyl (C=O) groups excluding carboxylic acids is 2. The predicted octanol–water partition coefficient (Wildman–Crippen LogP) is 17.0. The zero-order valence-electron chi connectivity index (χ0n) is 44.7. The van der Waals surface area contributed by atoms with Crippen molar-refractivity contribution < 1.29 is 38.0 Å². The molecular formula is C62H100O8. The Morgan fingerprint density at radius 1 is 0.443 bits per heavy atom. The van der Waals surface area contributed by atoms with E-state index in [1.165, 1.54) is 192 Å². The summed E-state index contributed by atoms with van der Waals surface area (Å²) < 4.78 is 36.9. The van der Waals surface area contributed by atoms with E-state index < -0.39 is 24.1 Å². The lowest BCUT2D eigenvalue weighted by molar-refractivity contribution is -0.148. The summed E-state index contributed by atoms with van der Waals surface area (Å²) in [6, 6.07) is 8.04. The first-order valence-corrected chi connectivity index (χ1v) is 28.8. The van der Waals surface area contributed by atoms with Crippen LogP contribution in [0.3, 0.4) is 0 Å². The average Bonchev–Trinajstić information content (AvgIpc) is 3.38. The third-order valence-corrected chi connectivity index (χ3v) is 13.8. The van der Waals surface area contributed by atoms with Crippen molar-refractivity contribution in [3.8, 4) is 11.5 Å². The number of fused-ring (bicyclic) bond motifs is 2. The second-order valence-corrected chi connectivity index (χ2v) is 19.9. The summed E-state index contributed by atoms with van der Waals surface area (Å²) in [5, 5.41) is 1.79. The lowest BCUT2D eigenvalue weighted by Crippen LogP contribution is -2.30. The summed E-state index contributed by atoms with van der Waals surface area (Å²) in [6.45, 7) is 13.8. The van der Waals surface area contributed by atoms with Crippen LogP contribution in [0.25, 0.3) is 10.8 Å². The number of rotatable bonds is 48. The van der Waals surface area contributed by atoms with E-state index in [-0.39, 0.29) is 26.4 Å². The number of ether oxygens (including phenoxy) is 6. The molecule has 1 aliphatic rings. The molecule has 0 amide bonds. The largest absolute Gasteiger partial charge is 0.489 e. The van der Waals surface area contributed by atoms with Crippen LogP contribution in [0.1, 0.15) is 230 Å². The molecule has 3 rings (SSSR count). The smallest absolute Gasteiger partial charge is 0.330 e. The summed E-state index contributed by atoms with van der Waals surface area (Å²) in [5.41, 5.74) is 2.05. The van der Waals surface area contributed by atoms with Gasteiger partial charge in [-0.3, -0.25) is 0 Å². The molecule has 2 atom stereocenters. The quantitative estimate of drug-likeness (QED) is 0.0280. The molecule has 0 N–H and O–H groups in total. The van der Waals surface area contributed by atoms with Gasteiger partial charge < -0.3 is 28.4 Å². The topological polar surface area (TPSA) is 89.5 Å². The lowest BCUT2D eigenvalue weighted by atomic mass is 9.90. The average molecular weight is 973 g/mol. The van der Waals surface area contributed by atoms with Gasteiger partial charge in [-0.1, -0.05) is 256 Å². The molecule has 0 radical (unpaired) electrons. The summed E-state index contributed by atoms with van der Waals surface area (Å²) in [6.07, 6.45) is 49.1. The Hall–Kier alpha value is -3.62. The molecule has 0 heterocycles. The first-order valence-electron chi connectivity index (χ1n) is 28.8. The number of hydrogen-bond acceptors (Lipinski definition) is 8. The van der Waals surface area contributed by atoms with Gasteiger partial charge in [0.25, 0.3) is 0 Å². The number of unbranched alkanes of at least 4 members (excludes halogenated alkanes) is 30. The third kappa shape index (κ3) is 27.8. The molecule has 0 bridgehead atoms. The Bertz CT molecular complexity index is 1560. The van der Waals surface area contributed by atoms with Gasteiger partial charge >= 0.3 is 11.9 Å². The molecule has 0 aliphatic heterocycles. The minimum absolute atomic E-state index is 0.134. The maximum atomic E-state index is 12.4. The number of carbonyl (C=O) groups is 2. The summed E-state index contributed by atoms with van der Waals surface area (Å²) in [7, 11) is 0. The molecule has 0 saturated heterocycles. The second-order valence-electron chi connectivity index (χ2n) is 19.9. The summed E-state index contributed by atoms with van der Waals surface area (Å²) in [4.78, 5) is 24.8. The first-order chi connectivity index (χ1) is 34.5. The highest BCUT2D eigenvalue weighted by Crippen LogP contribution is 2.43. The van der Waals surface area contributed by atoms with Crippen molar-refractivity contribution in [1.82, 2.24) is 0 Å². The van der Waals surface area contributed by atoms with Crippen molar-refractivity contribution >= 4 is 22.7 Å². The monoisotopic (exact) mass is 973 g/mol. The first kappa shape index (κ1) is 60.7. The van der Waals surface area contributed by atoms with Gasteiger partial charge in [0, 0.05) is 47.3 Å². The molecule has 2 unspecified atom stereocenters. The molecule has 70 heavy (non-hydrogen) atoms. The standard InChI is InChI=1S/C62H100O8/c1-5-9-11-13-15-17-19-21-23-25-27-29-31-33-35-41-47-65-49-53(69-59(63)7-3)51-67-61-55-43-37-39-45-57(55)62(58-46-40-38-44-56(58)61)68-52-54(70-60(64)8-4)50-66-48-42-36-34-32-30-28-26-24-22-20-18-16-14-12-10-6-2/h7-8,37-40,43,45,53-54H,3-6,9-36,41-42,44,46-52H2,1-2H3. The fraction of sp³-hybridized carbons (Fsp3) is 0.710. The molecule has 1 aliphatic carbocycles. The number of allylic oxidation sites excluding steroid dienone is 2. The van der Waals surface area contributed by atoms with Crippen molar-refractivity contribution in [2.24, 2.45) is 0 Å². The van der Waals surface area contributed by atoms with E-state index in [1.54, 1.807) is 0 Å². The maximum absolute atomic E-state index is 12.4. The fourth-order valence-electron chi connectivity index (χ4n) is 9.59. The van der Waals surface area contributed by atoms with E-state index in [2.05, 4.69) is 39.2 Å². The number of esters is 2. The zero-order chi connectivity index (χ0) is 50.0. The van der Waals surface area contributed by atoms with Gasteiger partial charge in [0.05, 0.1) is 13.2 Å². The van der Waals surface area contributed by atoms with Gasteiger partial charge in [0.15, 0.2) is 12.2 Å². The highest BCUT2D eigenvalue weighted by molar-refractivity contribution is 5.96. The van der Waals surface area contributed by atoms with E-state index in [1.807, 2.05) is 24.3 Å². The Balaban J connectivity index is 1.42. The predicted molar refractivity (Wildman–Crippen MR) is 292 cm³/mol. The van der Waals surface area contributed by atoms with Crippen molar-refractivity contribution in [1.29, 1.82) is 0 Å². The Kier molecular flexibility index (Phi) is 36.4. The molecule has 0 aromatic heterocycles. The van der Waals surface area contributed by atoms with Gasteiger partial charge in [-0.2, -0.15) is 0 Å². The van der Waals surface area contributed by atoms with Crippen LogP contribution in [0.15, 0.2) is 61.7 Å². The van der Waals surface area contributed by atoms with E-state index >= 15 is 0 Å². The number of benzene rings is 2. The molecule has 8 nitrogen and oxygen atoms in total. The summed E-state index contributed by atoms with van der Waals surface area (Å²) in [5.74, 6) is 0.492. The van der Waals surface area contributed by atoms with Crippen molar-refractivity contribution in [3.63, 3.8) is 0 Å². The SMILES string of the molecule is C=CC(=O)OC(COCCCCCCCCCCCCCCCCCC)COc1c2c(c(OCC(COCCCCCCCCCCCCCCCCCC)OC(=O)C=C)c3ccccc13)CC=CC2. The second kappa shape index (κ2) is 41.9. The molecule has 0 spiro atoms. The summed E-state index contributed by atoms with van der Waals surface area (Å²) >= 11 is 0. The molecular weight excluding hydrogens is 873 g/mol. The van der Waals surface area contributed by atoms with Crippen LogP contribution in [0, 0.1) is 0 Å². The van der Waals surface area contributed by atoms with Crippen LogP contribution < -0.4 is 9.47 Å². The highest BCUT2D eigenvalue weighted by Gasteiger charge is 2.25. The maximum Gasteiger partial charge on any atom is 0.330 e. The Labute approximate surface area is 427 Å². The molecule has 396 valence electrons. The van der Waals surface area contributed by atoms with Gasteiger partial charge in [-0.25, -0.2) is 9.59 Å². The minimum atomic E-state index is -0.601. The van der Waals surface area contributed by atoms with Crippen LogP contribution in [0.5, 0.6) is 11.5 Å². The van der Waals surface area contributed by atoms with Gasteiger partial charge in [0.1, 0.15) is 24.7 Å².